The molecule has 2 N–H and O–H groups in total. The van der Waals surface area contributed by atoms with Gasteiger partial charge in [-0.3, -0.25) is 4.79 Å². The quantitative estimate of drug-likeness (QED) is 0.840. The van der Waals surface area contributed by atoms with Crippen molar-refractivity contribution in [3.63, 3.8) is 0 Å². The molecule has 0 spiro atoms. The van der Waals surface area contributed by atoms with Crippen LogP contribution in [0.15, 0.2) is 16.3 Å². The SMILES string of the molecule is CSc1ccsc1C(=O)N1CCC(CN)C1. The Hall–Kier alpha value is -0.520. The molecule has 3 nitrogen and oxygen atoms in total. The fraction of sp³-hybridized carbons (Fsp3) is 0.545. The van der Waals surface area contributed by atoms with Crippen LogP contribution in [0.5, 0.6) is 0 Å². The van der Waals surface area contributed by atoms with E-state index in [1.165, 1.54) is 11.3 Å². The second kappa shape index (κ2) is 5.21. The van der Waals surface area contributed by atoms with Crippen LogP contribution in [0.1, 0.15) is 16.1 Å². The van der Waals surface area contributed by atoms with Crippen LogP contribution in [-0.4, -0.2) is 36.7 Å². The lowest BCUT2D eigenvalue weighted by Crippen LogP contribution is -2.29. The highest BCUT2D eigenvalue weighted by Gasteiger charge is 2.27. The van der Waals surface area contributed by atoms with Crippen molar-refractivity contribution in [1.29, 1.82) is 0 Å². The summed E-state index contributed by atoms with van der Waals surface area (Å²) in [6.45, 7) is 2.36. The summed E-state index contributed by atoms with van der Waals surface area (Å²) in [7, 11) is 0. The van der Waals surface area contributed by atoms with Gasteiger partial charge in [-0.25, -0.2) is 0 Å². The zero-order valence-corrected chi connectivity index (χ0v) is 10.9. The minimum Gasteiger partial charge on any atom is -0.338 e. The van der Waals surface area contributed by atoms with Crippen molar-refractivity contribution in [2.45, 2.75) is 11.3 Å². The van der Waals surface area contributed by atoms with E-state index in [1.807, 2.05) is 22.6 Å². The normalized spacial score (nSPS) is 20.4. The highest BCUT2D eigenvalue weighted by atomic mass is 32.2. The highest BCUT2D eigenvalue weighted by molar-refractivity contribution is 7.98. The molecule has 1 atom stereocenters. The summed E-state index contributed by atoms with van der Waals surface area (Å²) in [5, 5.41) is 1.98. The van der Waals surface area contributed by atoms with Crippen LogP contribution >= 0.6 is 23.1 Å². The van der Waals surface area contributed by atoms with Gasteiger partial charge in [0.1, 0.15) is 4.88 Å². The maximum atomic E-state index is 12.2. The van der Waals surface area contributed by atoms with Gasteiger partial charge in [-0.1, -0.05) is 0 Å². The molecular formula is C11H16N2OS2. The summed E-state index contributed by atoms with van der Waals surface area (Å²) in [6.07, 6.45) is 3.05. The molecule has 0 saturated carbocycles. The Balaban J connectivity index is 2.08. The summed E-state index contributed by atoms with van der Waals surface area (Å²) in [6, 6.07) is 2.01. The van der Waals surface area contributed by atoms with E-state index in [9.17, 15) is 4.79 Å². The molecule has 0 bridgehead atoms. The Bertz CT molecular complexity index is 378. The van der Waals surface area contributed by atoms with Gasteiger partial charge in [-0.15, -0.1) is 23.1 Å². The van der Waals surface area contributed by atoms with Crippen LogP contribution in [0, 0.1) is 5.92 Å². The summed E-state index contributed by atoms with van der Waals surface area (Å²) in [4.78, 5) is 16.1. The average molecular weight is 256 g/mol. The topological polar surface area (TPSA) is 46.3 Å². The van der Waals surface area contributed by atoms with Crippen LogP contribution in [0.4, 0.5) is 0 Å². The number of likely N-dealkylation sites (tertiary alicyclic amines) is 1. The van der Waals surface area contributed by atoms with Crippen molar-refractivity contribution >= 4 is 29.0 Å². The molecular weight excluding hydrogens is 240 g/mol. The smallest absolute Gasteiger partial charge is 0.265 e. The van der Waals surface area contributed by atoms with E-state index in [2.05, 4.69) is 0 Å². The molecule has 2 heterocycles. The number of hydrogen-bond donors (Lipinski definition) is 1. The number of carbonyl (C=O) groups excluding carboxylic acids is 1. The van der Waals surface area contributed by atoms with Crippen molar-refractivity contribution in [2.24, 2.45) is 11.7 Å². The third kappa shape index (κ3) is 2.26. The largest absolute Gasteiger partial charge is 0.338 e. The average Bonchev–Trinajstić information content (AvgIpc) is 2.96. The molecule has 1 saturated heterocycles. The Morgan fingerprint density at radius 2 is 2.56 bits per heavy atom. The van der Waals surface area contributed by atoms with Crippen LogP contribution in [-0.2, 0) is 0 Å². The van der Waals surface area contributed by atoms with Crippen LogP contribution in [0.2, 0.25) is 0 Å². The molecule has 0 radical (unpaired) electrons. The summed E-state index contributed by atoms with van der Waals surface area (Å²) in [5.41, 5.74) is 5.63. The lowest BCUT2D eigenvalue weighted by Gasteiger charge is -2.15. The second-order valence-corrected chi connectivity index (χ2v) is 5.72. The Kier molecular flexibility index (Phi) is 3.89. The molecule has 0 aliphatic carbocycles. The Morgan fingerprint density at radius 1 is 1.75 bits per heavy atom. The first kappa shape index (κ1) is 12.0. The molecule has 0 aromatic carbocycles. The minimum absolute atomic E-state index is 0.176. The predicted molar refractivity (Wildman–Crippen MR) is 69.2 cm³/mol. The van der Waals surface area contributed by atoms with Gasteiger partial charge < -0.3 is 10.6 Å². The van der Waals surface area contributed by atoms with Crippen molar-refractivity contribution < 1.29 is 4.79 Å². The standard InChI is InChI=1S/C11H16N2OS2/c1-15-9-3-5-16-10(9)11(14)13-4-2-8(6-12)7-13/h3,5,8H,2,4,6-7,12H2,1H3. The highest BCUT2D eigenvalue weighted by Crippen LogP contribution is 2.28. The summed E-state index contributed by atoms with van der Waals surface area (Å²) < 4.78 is 0. The second-order valence-electron chi connectivity index (χ2n) is 3.96. The van der Waals surface area contributed by atoms with Crippen molar-refractivity contribution in [2.75, 3.05) is 25.9 Å². The summed E-state index contributed by atoms with van der Waals surface area (Å²) in [5.74, 6) is 0.664. The maximum Gasteiger partial charge on any atom is 0.265 e. The van der Waals surface area contributed by atoms with Gasteiger partial charge in [0.2, 0.25) is 0 Å². The lowest BCUT2D eigenvalue weighted by atomic mass is 10.1. The monoisotopic (exact) mass is 256 g/mol. The van der Waals surface area contributed by atoms with E-state index in [0.29, 0.717) is 12.5 Å². The number of carbonyl (C=O) groups is 1. The first-order valence-electron chi connectivity index (χ1n) is 5.37. The molecule has 1 amide bonds. The lowest BCUT2D eigenvalue weighted by molar-refractivity contribution is 0.0789. The number of nitrogens with two attached hydrogens (primary N) is 1. The van der Waals surface area contributed by atoms with Crippen molar-refractivity contribution in [3.8, 4) is 0 Å². The molecule has 1 fully saturated rings. The molecule has 1 aromatic heterocycles. The van der Waals surface area contributed by atoms with E-state index in [-0.39, 0.29) is 5.91 Å². The van der Waals surface area contributed by atoms with Crippen molar-refractivity contribution in [3.05, 3.63) is 16.3 Å². The number of rotatable bonds is 3. The zero-order chi connectivity index (χ0) is 11.5. The van der Waals surface area contributed by atoms with Gasteiger partial charge in [0.25, 0.3) is 5.91 Å². The zero-order valence-electron chi connectivity index (χ0n) is 9.31. The van der Waals surface area contributed by atoms with E-state index in [1.54, 1.807) is 11.8 Å². The Labute approximate surface area is 104 Å². The van der Waals surface area contributed by atoms with Gasteiger partial charge in [0.15, 0.2) is 0 Å². The first-order chi connectivity index (χ1) is 7.76. The van der Waals surface area contributed by atoms with E-state index < -0.39 is 0 Å². The number of thioether (sulfide) groups is 1. The van der Waals surface area contributed by atoms with Gasteiger partial charge >= 0.3 is 0 Å². The predicted octanol–water partition coefficient (Wildman–Crippen LogP) is 1.89. The molecule has 1 aliphatic rings. The summed E-state index contributed by atoms with van der Waals surface area (Å²) >= 11 is 3.17. The third-order valence-corrected chi connectivity index (χ3v) is 4.76. The Morgan fingerprint density at radius 3 is 3.19 bits per heavy atom. The molecule has 1 unspecified atom stereocenters. The van der Waals surface area contributed by atoms with Gasteiger partial charge in [-0.2, -0.15) is 0 Å². The fourth-order valence-electron chi connectivity index (χ4n) is 1.97. The van der Waals surface area contributed by atoms with E-state index in [4.69, 9.17) is 5.73 Å². The first-order valence-corrected chi connectivity index (χ1v) is 7.47. The van der Waals surface area contributed by atoms with Crippen LogP contribution in [0.3, 0.4) is 0 Å². The van der Waals surface area contributed by atoms with Crippen LogP contribution < -0.4 is 5.73 Å². The number of amides is 1. The van der Waals surface area contributed by atoms with Gasteiger partial charge in [-0.05, 0) is 36.6 Å². The number of hydrogen-bond acceptors (Lipinski definition) is 4. The minimum atomic E-state index is 0.176. The van der Waals surface area contributed by atoms with Crippen molar-refractivity contribution in [1.82, 2.24) is 4.90 Å². The maximum absolute atomic E-state index is 12.2. The molecule has 1 aromatic rings. The van der Waals surface area contributed by atoms with Crippen LogP contribution in [0.25, 0.3) is 0 Å². The molecule has 5 heteroatoms. The number of nitrogens with zero attached hydrogens (tertiary/aromatic N) is 1. The molecule has 1 aliphatic heterocycles. The van der Waals surface area contributed by atoms with E-state index >= 15 is 0 Å². The van der Waals surface area contributed by atoms with E-state index in [0.717, 1.165) is 29.3 Å². The molecule has 16 heavy (non-hydrogen) atoms. The molecule has 2 rings (SSSR count). The van der Waals surface area contributed by atoms with Gasteiger partial charge in [0.05, 0.1) is 0 Å². The third-order valence-electron chi connectivity index (χ3n) is 2.95. The fourth-order valence-corrected chi connectivity index (χ4v) is 3.68. The van der Waals surface area contributed by atoms with Gasteiger partial charge in [0, 0.05) is 18.0 Å². The molecule has 88 valence electrons. The number of thiophene rings is 1.